The van der Waals surface area contributed by atoms with E-state index >= 15 is 0 Å². The van der Waals surface area contributed by atoms with E-state index in [0.29, 0.717) is 40.9 Å². The molecule has 0 heterocycles. The fourth-order valence-corrected chi connectivity index (χ4v) is 4.85. The summed E-state index contributed by atoms with van der Waals surface area (Å²) in [4.78, 5) is 12.9. The lowest BCUT2D eigenvalue weighted by Crippen LogP contribution is -3.00. The summed E-state index contributed by atoms with van der Waals surface area (Å²) >= 11 is 0. The summed E-state index contributed by atoms with van der Waals surface area (Å²) in [5.74, 6) is 1.19. The highest BCUT2D eigenvalue weighted by atomic mass is 79.9. The quantitative estimate of drug-likeness (QED) is 0.434. The van der Waals surface area contributed by atoms with E-state index in [4.69, 9.17) is 10.00 Å². The Morgan fingerprint density at radius 3 is 2.41 bits per heavy atom. The Morgan fingerprint density at radius 1 is 1.12 bits per heavy atom. The molecule has 4 nitrogen and oxygen atoms in total. The zero-order valence-corrected chi connectivity index (χ0v) is 21.2. The molecule has 2 aromatic carbocycles. The highest BCUT2D eigenvalue weighted by molar-refractivity contribution is 5.70. The molecule has 1 saturated carbocycles. The molecule has 0 N–H and O–H groups in total. The van der Waals surface area contributed by atoms with Crippen LogP contribution in [0.25, 0.3) is 0 Å². The van der Waals surface area contributed by atoms with E-state index in [9.17, 15) is 4.79 Å². The number of nitriles is 1. The first kappa shape index (κ1) is 26.1. The van der Waals surface area contributed by atoms with Gasteiger partial charge in [-0.05, 0) is 42.4 Å². The van der Waals surface area contributed by atoms with Gasteiger partial charge >= 0.3 is 5.97 Å². The van der Waals surface area contributed by atoms with Crippen LogP contribution < -0.4 is 17.0 Å². The standard InChI is InChI=1S/C27H35N2O2.BrH/c1-20-10-15-25(21(2)24-8-6-5-7-9-24)26(16-20)31-27(30)19-29(3,4)18-23-13-11-22(17-28)12-14-23;/h5-9,11-14,20-21,25-26H,10,15-16,18-19H2,1-4H3;1H/q+1;/p-1/t20-,21-,25+,26-;/m1./s1. The van der Waals surface area contributed by atoms with Crippen LogP contribution in [0.4, 0.5) is 0 Å². The molecule has 0 radical (unpaired) electrons. The molecule has 3 rings (SSSR count). The molecule has 0 amide bonds. The summed E-state index contributed by atoms with van der Waals surface area (Å²) in [6, 6.07) is 20.3. The third-order valence-electron chi connectivity index (χ3n) is 6.61. The number of hydrogen-bond donors (Lipinski definition) is 0. The van der Waals surface area contributed by atoms with Crippen molar-refractivity contribution in [1.29, 1.82) is 5.26 Å². The zero-order chi connectivity index (χ0) is 22.4. The van der Waals surface area contributed by atoms with Crippen LogP contribution in [0.1, 0.15) is 55.7 Å². The largest absolute Gasteiger partial charge is 1.00 e. The van der Waals surface area contributed by atoms with E-state index < -0.39 is 0 Å². The van der Waals surface area contributed by atoms with Gasteiger partial charge in [0.25, 0.3) is 0 Å². The smallest absolute Gasteiger partial charge is 0.362 e. The number of benzene rings is 2. The minimum absolute atomic E-state index is 0. The number of hydrogen-bond acceptors (Lipinski definition) is 3. The molecule has 0 aliphatic heterocycles. The molecule has 172 valence electrons. The third kappa shape index (κ3) is 7.18. The molecule has 0 unspecified atom stereocenters. The predicted octanol–water partition coefficient (Wildman–Crippen LogP) is 2.29. The summed E-state index contributed by atoms with van der Waals surface area (Å²) in [5, 5.41) is 8.97. The molecule has 1 aliphatic rings. The second-order valence-electron chi connectivity index (χ2n) is 9.87. The first-order valence-corrected chi connectivity index (χ1v) is 11.3. The van der Waals surface area contributed by atoms with Gasteiger partial charge < -0.3 is 26.2 Å². The van der Waals surface area contributed by atoms with Gasteiger partial charge in [0.15, 0.2) is 6.54 Å². The van der Waals surface area contributed by atoms with Crippen LogP contribution >= 0.6 is 0 Å². The number of ether oxygens (including phenoxy) is 1. The Morgan fingerprint density at radius 2 is 1.78 bits per heavy atom. The minimum Gasteiger partial charge on any atom is -1.00 e. The number of esters is 1. The number of quaternary nitrogens is 1. The lowest BCUT2D eigenvalue weighted by atomic mass is 9.73. The Balaban J connectivity index is 0.00000363. The fraction of sp³-hybridized carbons (Fsp3) is 0.481. The van der Waals surface area contributed by atoms with Gasteiger partial charge in [0.2, 0.25) is 0 Å². The van der Waals surface area contributed by atoms with Crippen molar-refractivity contribution in [3.63, 3.8) is 0 Å². The molecular weight excluding hydrogens is 464 g/mol. The lowest BCUT2D eigenvalue weighted by Gasteiger charge is -2.38. The van der Waals surface area contributed by atoms with E-state index in [1.165, 1.54) is 12.0 Å². The second kappa shape index (κ2) is 11.6. The van der Waals surface area contributed by atoms with E-state index in [0.717, 1.165) is 18.4 Å². The van der Waals surface area contributed by atoms with Crippen LogP contribution in [-0.4, -0.2) is 37.2 Å². The topological polar surface area (TPSA) is 50.1 Å². The van der Waals surface area contributed by atoms with Gasteiger partial charge in [0.05, 0.1) is 25.7 Å². The van der Waals surface area contributed by atoms with Crippen LogP contribution in [0.3, 0.4) is 0 Å². The number of rotatable bonds is 7. The van der Waals surface area contributed by atoms with Crippen LogP contribution in [-0.2, 0) is 16.1 Å². The zero-order valence-electron chi connectivity index (χ0n) is 19.6. The van der Waals surface area contributed by atoms with Crippen molar-refractivity contribution in [1.82, 2.24) is 0 Å². The molecule has 1 aliphatic carbocycles. The second-order valence-corrected chi connectivity index (χ2v) is 9.87. The SMILES string of the molecule is C[C@@H]1CC[C@@H]([C@H](C)c2ccccc2)[C@H](OC(=O)C[N+](C)(C)Cc2ccc(C#N)cc2)C1.[Br-]. The summed E-state index contributed by atoms with van der Waals surface area (Å²) in [6.07, 6.45) is 3.20. The number of carbonyl (C=O) groups excluding carboxylic acids is 1. The average molecular weight is 499 g/mol. The van der Waals surface area contributed by atoms with Crippen molar-refractivity contribution >= 4 is 5.97 Å². The maximum Gasteiger partial charge on any atom is 0.362 e. The van der Waals surface area contributed by atoms with E-state index in [1.54, 1.807) is 0 Å². The number of nitrogens with zero attached hydrogens (tertiary/aromatic N) is 2. The minimum atomic E-state index is -0.122. The lowest BCUT2D eigenvalue weighted by molar-refractivity contribution is -0.896. The molecule has 0 saturated heterocycles. The molecule has 32 heavy (non-hydrogen) atoms. The average Bonchev–Trinajstić information content (AvgIpc) is 2.74. The van der Waals surface area contributed by atoms with Crippen molar-refractivity contribution < 1.29 is 31.0 Å². The first-order valence-electron chi connectivity index (χ1n) is 11.3. The fourth-order valence-electron chi connectivity index (χ4n) is 4.85. The normalized spacial score (nSPS) is 21.7. The van der Waals surface area contributed by atoms with Gasteiger partial charge in [-0.3, -0.25) is 0 Å². The molecular formula is C27H35BrN2O2. The van der Waals surface area contributed by atoms with Gasteiger partial charge in [0, 0.05) is 11.5 Å². The predicted molar refractivity (Wildman–Crippen MR) is 123 cm³/mol. The van der Waals surface area contributed by atoms with Crippen molar-refractivity contribution in [2.45, 2.75) is 51.7 Å². The van der Waals surface area contributed by atoms with Crippen molar-refractivity contribution in [3.05, 3.63) is 71.3 Å². The molecule has 5 heteroatoms. The Labute approximate surface area is 203 Å². The highest BCUT2D eigenvalue weighted by Crippen LogP contribution is 2.39. The maximum atomic E-state index is 12.9. The summed E-state index contributed by atoms with van der Waals surface area (Å²) in [6.45, 7) is 5.57. The van der Waals surface area contributed by atoms with E-state index in [1.807, 2.05) is 44.4 Å². The van der Waals surface area contributed by atoms with Crippen LogP contribution in [0.15, 0.2) is 54.6 Å². The first-order chi connectivity index (χ1) is 14.8. The van der Waals surface area contributed by atoms with E-state index in [-0.39, 0.29) is 29.1 Å². The Kier molecular flexibility index (Phi) is 9.48. The maximum absolute atomic E-state index is 12.9. The van der Waals surface area contributed by atoms with Gasteiger partial charge in [0.1, 0.15) is 12.6 Å². The number of likely N-dealkylation sites (N-methyl/N-ethyl adjacent to an activating group) is 1. The third-order valence-corrected chi connectivity index (χ3v) is 6.61. The van der Waals surface area contributed by atoms with Crippen LogP contribution in [0.5, 0.6) is 0 Å². The molecule has 2 aromatic rings. The van der Waals surface area contributed by atoms with Crippen LogP contribution in [0, 0.1) is 23.2 Å². The van der Waals surface area contributed by atoms with Crippen molar-refractivity contribution in [3.8, 4) is 6.07 Å². The van der Waals surface area contributed by atoms with Crippen LogP contribution in [0.2, 0.25) is 0 Å². The monoisotopic (exact) mass is 498 g/mol. The van der Waals surface area contributed by atoms with Gasteiger partial charge in [-0.2, -0.15) is 5.26 Å². The van der Waals surface area contributed by atoms with Crippen molar-refractivity contribution in [2.75, 3.05) is 20.6 Å². The summed E-state index contributed by atoms with van der Waals surface area (Å²) in [5.41, 5.74) is 3.08. The summed E-state index contributed by atoms with van der Waals surface area (Å²) in [7, 11) is 4.10. The molecule has 0 spiro atoms. The van der Waals surface area contributed by atoms with Gasteiger partial charge in [-0.25, -0.2) is 4.79 Å². The van der Waals surface area contributed by atoms with E-state index in [2.05, 4.69) is 44.2 Å². The highest BCUT2D eigenvalue weighted by Gasteiger charge is 2.36. The molecule has 1 fully saturated rings. The summed E-state index contributed by atoms with van der Waals surface area (Å²) < 4.78 is 6.65. The molecule has 4 atom stereocenters. The number of carbonyl (C=O) groups is 1. The Bertz CT molecular complexity index is 906. The molecule has 0 bridgehead atoms. The van der Waals surface area contributed by atoms with Gasteiger partial charge in [-0.1, -0.05) is 62.7 Å². The number of halogens is 1. The van der Waals surface area contributed by atoms with Crippen molar-refractivity contribution in [2.24, 2.45) is 11.8 Å². The molecule has 0 aromatic heterocycles. The van der Waals surface area contributed by atoms with Gasteiger partial charge in [-0.15, -0.1) is 0 Å². The Hall–Kier alpha value is -2.16.